The van der Waals surface area contributed by atoms with Crippen LogP contribution in [0.15, 0.2) is 0 Å². The second-order valence-electron chi connectivity index (χ2n) is 3.31. The zero-order valence-electron chi connectivity index (χ0n) is 10.1. The smallest absolute Gasteiger partial charge is 0.233 e. The van der Waals surface area contributed by atoms with Gasteiger partial charge in [-0.25, -0.2) is 0 Å². The number of carbonyl (C=O) groups excluding carboxylic acids is 1. The molecule has 2 N–H and O–H groups in total. The van der Waals surface area contributed by atoms with Crippen LogP contribution in [0.3, 0.4) is 0 Å². The third-order valence-electron chi connectivity index (χ3n) is 1.96. The number of ether oxygens (including phenoxy) is 1. The second-order valence-corrected chi connectivity index (χ2v) is 5.17. The SMILES string of the molecule is CCS(=O)CCNCC(=O)NCCCOC. The average Bonchev–Trinajstić information content (AvgIpc) is 2.30. The Morgan fingerprint density at radius 2 is 2.12 bits per heavy atom. The number of methoxy groups -OCH3 is 1. The number of nitrogens with one attached hydrogen (secondary N) is 2. The number of hydrogen-bond acceptors (Lipinski definition) is 4. The molecule has 1 atom stereocenters. The molecule has 0 fully saturated rings. The van der Waals surface area contributed by atoms with E-state index in [1.807, 2.05) is 6.92 Å². The molecule has 0 aliphatic heterocycles. The van der Waals surface area contributed by atoms with Crippen LogP contribution in [0.5, 0.6) is 0 Å². The normalized spacial score (nSPS) is 12.4. The van der Waals surface area contributed by atoms with E-state index in [-0.39, 0.29) is 12.5 Å². The third kappa shape index (κ3) is 10.1. The van der Waals surface area contributed by atoms with Crippen molar-refractivity contribution in [3.63, 3.8) is 0 Å². The lowest BCUT2D eigenvalue weighted by atomic mass is 10.4. The highest BCUT2D eigenvalue weighted by molar-refractivity contribution is 7.84. The summed E-state index contributed by atoms with van der Waals surface area (Å²) in [5, 5.41) is 5.72. The van der Waals surface area contributed by atoms with E-state index in [2.05, 4.69) is 10.6 Å². The Morgan fingerprint density at radius 3 is 2.75 bits per heavy atom. The van der Waals surface area contributed by atoms with Crippen LogP contribution in [0.25, 0.3) is 0 Å². The topological polar surface area (TPSA) is 67.4 Å². The van der Waals surface area contributed by atoms with Gasteiger partial charge in [-0.15, -0.1) is 0 Å². The summed E-state index contributed by atoms with van der Waals surface area (Å²) in [5.41, 5.74) is 0. The number of amides is 1. The third-order valence-corrected chi connectivity index (χ3v) is 3.26. The first-order valence-corrected chi connectivity index (χ1v) is 7.00. The Kier molecular flexibility index (Phi) is 10.7. The average molecular weight is 250 g/mol. The van der Waals surface area contributed by atoms with E-state index in [0.717, 1.165) is 6.42 Å². The fourth-order valence-electron chi connectivity index (χ4n) is 1.04. The molecule has 0 saturated carbocycles. The standard InChI is InChI=1S/C10H22N2O3S/c1-3-16(14)8-6-11-9-10(13)12-5-4-7-15-2/h11H,3-9H2,1-2H3,(H,12,13). The van der Waals surface area contributed by atoms with E-state index >= 15 is 0 Å². The molecular weight excluding hydrogens is 228 g/mol. The zero-order chi connectivity index (χ0) is 12.2. The lowest BCUT2D eigenvalue weighted by molar-refractivity contribution is -0.120. The molecule has 0 aliphatic carbocycles. The predicted octanol–water partition coefficient (Wildman–Crippen LogP) is -0.503. The van der Waals surface area contributed by atoms with Crippen molar-refractivity contribution >= 4 is 16.7 Å². The highest BCUT2D eigenvalue weighted by Crippen LogP contribution is 1.79. The lowest BCUT2D eigenvalue weighted by Gasteiger charge is -2.06. The van der Waals surface area contributed by atoms with Crippen molar-refractivity contribution in [2.24, 2.45) is 0 Å². The molecule has 1 amide bonds. The Balaban J connectivity index is 3.27. The van der Waals surface area contributed by atoms with Crippen LogP contribution in [0.4, 0.5) is 0 Å². The van der Waals surface area contributed by atoms with Gasteiger partial charge in [0.25, 0.3) is 0 Å². The Labute approximate surface area is 99.8 Å². The zero-order valence-corrected chi connectivity index (χ0v) is 10.9. The molecule has 0 aromatic heterocycles. The van der Waals surface area contributed by atoms with E-state index < -0.39 is 10.8 Å². The van der Waals surface area contributed by atoms with Crippen molar-refractivity contribution in [3.8, 4) is 0 Å². The second kappa shape index (κ2) is 11.0. The van der Waals surface area contributed by atoms with Gasteiger partial charge in [0.2, 0.25) is 5.91 Å². The van der Waals surface area contributed by atoms with Crippen molar-refractivity contribution in [2.45, 2.75) is 13.3 Å². The van der Waals surface area contributed by atoms with Gasteiger partial charge in [-0.3, -0.25) is 9.00 Å². The molecule has 0 spiro atoms. The van der Waals surface area contributed by atoms with Crippen LogP contribution >= 0.6 is 0 Å². The van der Waals surface area contributed by atoms with Gasteiger partial charge in [-0.1, -0.05) is 6.92 Å². The molecular formula is C10H22N2O3S. The molecule has 6 heteroatoms. The minimum atomic E-state index is -0.760. The molecule has 0 saturated heterocycles. The van der Waals surface area contributed by atoms with Gasteiger partial charge >= 0.3 is 0 Å². The van der Waals surface area contributed by atoms with Crippen LogP contribution in [0.1, 0.15) is 13.3 Å². The van der Waals surface area contributed by atoms with Crippen molar-refractivity contribution < 1.29 is 13.7 Å². The van der Waals surface area contributed by atoms with E-state index in [1.165, 1.54) is 0 Å². The molecule has 0 aromatic rings. The highest BCUT2D eigenvalue weighted by atomic mass is 32.2. The maximum absolute atomic E-state index is 11.2. The number of carbonyl (C=O) groups is 1. The Morgan fingerprint density at radius 1 is 1.38 bits per heavy atom. The van der Waals surface area contributed by atoms with E-state index in [4.69, 9.17) is 4.74 Å². The van der Waals surface area contributed by atoms with Gasteiger partial charge in [-0.2, -0.15) is 0 Å². The van der Waals surface area contributed by atoms with Crippen molar-refractivity contribution in [1.82, 2.24) is 10.6 Å². The molecule has 0 aliphatic rings. The van der Waals surface area contributed by atoms with Gasteiger partial charge in [0.15, 0.2) is 0 Å². The number of hydrogen-bond donors (Lipinski definition) is 2. The summed E-state index contributed by atoms with van der Waals surface area (Å²) >= 11 is 0. The molecule has 16 heavy (non-hydrogen) atoms. The van der Waals surface area contributed by atoms with Crippen LogP contribution in [0.2, 0.25) is 0 Å². The van der Waals surface area contributed by atoms with Crippen LogP contribution in [-0.4, -0.2) is 55.0 Å². The molecule has 1 unspecified atom stereocenters. The van der Waals surface area contributed by atoms with Gasteiger partial charge in [0.1, 0.15) is 0 Å². The molecule has 5 nitrogen and oxygen atoms in total. The van der Waals surface area contributed by atoms with E-state index in [1.54, 1.807) is 7.11 Å². The summed E-state index contributed by atoms with van der Waals surface area (Å²) in [5.74, 6) is 1.25. The molecule has 0 rings (SSSR count). The molecule has 0 bridgehead atoms. The summed E-state index contributed by atoms with van der Waals surface area (Å²) in [4.78, 5) is 11.2. The van der Waals surface area contributed by atoms with Crippen LogP contribution in [0, 0.1) is 0 Å². The maximum atomic E-state index is 11.2. The Hall–Kier alpha value is -0.460. The molecule has 96 valence electrons. The maximum Gasteiger partial charge on any atom is 0.233 e. The first-order chi connectivity index (χ1) is 7.70. The Bertz CT molecular complexity index is 212. The lowest BCUT2D eigenvalue weighted by Crippen LogP contribution is -2.36. The fourth-order valence-corrected chi connectivity index (χ4v) is 1.70. The van der Waals surface area contributed by atoms with Gasteiger partial charge < -0.3 is 15.4 Å². The molecule has 0 aromatic carbocycles. The van der Waals surface area contributed by atoms with Gasteiger partial charge in [0, 0.05) is 49.1 Å². The van der Waals surface area contributed by atoms with Gasteiger partial charge in [-0.05, 0) is 6.42 Å². The minimum absolute atomic E-state index is 0.0293. The number of rotatable bonds is 10. The van der Waals surface area contributed by atoms with E-state index in [0.29, 0.717) is 31.2 Å². The summed E-state index contributed by atoms with van der Waals surface area (Å²) in [6.07, 6.45) is 0.822. The predicted molar refractivity (Wildman–Crippen MR) is 65.9 cm³/mol. The monoisotopic (exact) mass is 250 g/mol. The van der Waals surface area contributed by atoms with Crippen LogP contribution in [-0.2, 0) is 20.3 Å². The van der Waals surface area contributed by atoms with E-state index in [9.17, 15) is 9.00 Å². The first-order valence-electron chi connectivity index (χ1n) is 5.52. The van der Waals surface area contributed by atoms with Crippen molar-refractivity contribution in [1.29, 1.82) is 0 Å². The largest absolute Gasteiger partial charge is 0.385 e. The van der Waals surface area contributed by atoms with Crippen molar-refractivity contribution in [3.05, 3.63) is 0 Å². The highest BCUT2D eigenvalue weighted by Gasteiger charge is 2.00. The van der Waals surface area contributed by atoms with Gasteiger partial charge in [0.05, 0.1) is 6.54 Å². The fraction of sp³-hybridized carbons (Fsp3) is 0.900. The minimum Gasteiger partial charge on any atom is -0.385 e. The summed E-state index contributed by atoms with van der Waals surface area (Å²) in [6.45, 7) is 4.08. The quantitative estimate of drug-likeness (QED) is 0.513. The summed E-state index contributed by atoms with van der Waals surface area (Å²) in [6, 6.07) is 0. The van der Waals surface area contributed by atoms with Crippen molar-refractivity contribution in [2.75, 3.05) is 44.9 Å². The molecule has 0 heterocycles. The van der Waals surface area contributed by atoms with Crippen LogP contribution < -0.4 is 10.6 Å². The summed E-state index contributed by atoms with van der Waals surface area (Å²) < 4.78 is 15.9. The first kappa shape index (κ1) is 15.5. The molecule has 0 radical (unpaired) electrons. The summed E-state index contributed by atoms with van der Waals surface area (Å²) in [7, 11) is 0.876.